The van der Waals surface area contributed by atoms with E-state index in [0.717, 1.165) is 11.3 Å². The third kappa shape index (κ3) is 2.42. The summed E-state index contributed by atoms with van der Waals surface area (Å²) >= 11 is 0. The number of nitrogens with zero attached hydrogens (tertiary/aromatic N) is 1. The molecule has 1 rings (SSSR count). The van der Waals surface area contributed by atoms with E-state index in [1.54, 1.807) is 7.11 Å². The van der Waals surface area contributed by atoms with Crippen molar-refractivity contribution in [1.29, 1.82) is 0 Å². The second-order valence-electron chi connectivity index (χ2n) is 2.67. The maximum absolute atomic E-state index is 10.0. The molecule has 13 heavy (non-hydrogen) atoms. The number of aliphatic imine (C=N–C) groups is 1. The zero-order valence-corrected chi connectivity index (χ0v) is 7.65. The van der Waals surface area contributed by atoms with Gasteiger partial charge in [-0.1, -0.05) is 12.1 Å². The fourth-order valence-electron chi connectivity index (χ4n) is 1.05. The number of hydrogen-bond acceptors (Lipinski definition) is 3. The Morgan fingerprint density at radius 3 is 2.92 bits per heavy atom. The first-order valence-corrected chi connectivity index (χ1v) is 3.99. The lowest BCUT2D eigenvalue weighted by molar-refractivity contribution is 0.414. The Morgan fingerprint density at radius 1 is 1.54 bits per heavy atom. The van der Waals surface area contributed by atoms with Crippen molar-refractivity contribution in [2.75, 3.05) is 7.11 Å². The van der Waals surface area contributed by atoms with E-state index in [1.165, 1.54) is 6.08 Å². The van der Waals surface area contributed by atoms with Crippen molar-refractivity contribution in [2.45, 2.75) is 13.0 Å². The fraction of sp³-hybridized carbons (Fsp3) is 0.300. The number of benzene rings is 1. The maximum Gasteiger partial charge on any atom is 0.235 e. The average Bonchev–Trinajstić information content (AvgIpc) is 2.18. The first kappa shape index (κ1) is 9.49. The van der Waals surface area contributed by atoms with Gasteiger partial charge in [0.15, 0.2) is 0 Å². The van der Waals surface area contributed by atoms with E-state index in [4.69, 9.17) is 4.74 Å². The highest BCUT2D eigenvalue weighted by Crippen LogP contribution is 2.20. The molecule has 0 aliphatic rings. The zero-order valence-electron chi connectivity index (χ0n) is 7.65. The van der Waals surface area contributed by atoms with Crippen molar-refractivity contribution in [3.63, 3.8) is 0 Å². The highest BCUT2D eigenvalue weighted by Gasteiger charge is 2.03. The SMILES string of the molecule is COc1cccc(C(C)N=C=O)c1. The van der Waals surface area contributed by atoms with E-state index in [2.05, 4.69) is 4.99 Å². The van der Waals surface area contributed by atoms with Crippen LogP contribution in [-0.4, -0.2) is 13.2 Å². The van der Waals surface area contributed by atoms with Gasteiger partial charge in [0, 0.05) is 0 Å². The first-order valence-electron chi connectivity index (χ1n) is 3.99. The van der Waals surface area contributed by atoms with E-state index < -0.39 is 0 Å². The molecule has 0 bridgehead atoms. The van der Waals surface area contributed by atoms with Gasteiger partial charge in [-0.3, -0.25) is 0 Å². The quantitative estimate of drug-likeness (QED) is 0.523. The van der Waals surface area contributed by atoms with Gasteiger partial charge in [-0.05, 0) is 24.6 Å². The molecule has 3 heteroatoms. The predicted octanol–water partition coefficient (Wildman–Crippen LogP) is 2.09. The Morgan fingerprint density at radius 2 is 2.31 bits per heavy atom. The standard InChI is InChI=1S/C10H11NO2/c1-8(11-7-12)9-4-3-5-10(6-9)13-2/h3-6,8H,1-2H3. The molecule has 0 amide bonds. The summed E-state index contributed by atoms with van der Waals surface area (Å²) in [5.41, 5.74) is 0.947. The molecule has 0 radical (unpaired) electrons. The van der Waals surface area contributed by atoms with Crippen LogP contribution in [0.3, 0.4) is 0 Å². The Bertz CT molecular complexity index is 329. The second kappa shape index (κ2) is 4.43. The molecule has 1 atom stereocenters. The van der Waals surface area contributed by atoms with Crippen LogP contribution in [0.2, 0.25) is 0 Å². The van der Waals surface area contributed by atoms with Crippen molar-refractivity contribution in [1.82, 2.24) is 0 Å². The molecule has 0 fully saturated rings. The van der Waals surface area contributed by atoms with Crippen LogP contribution < -0.4 is 4.74 Å². The zero-order chi connectivity index (χ0) is 9.68. The van der Waals surface area contributed by atoms with Crippen LogP contribution in [-0.2, 0) is 4.79 Å². The Balaban J connectivity index is 2.94. The fourth-order valence-corrected chi connectivity index (χ4v) is 1.05. The van der Waals surface area contributed by atoms with Crippen molar-refractivity contribution in [3.05, 3.63) is 29.8 Å². The highest BCUT2D eigenvalue weighted by molar-refractivity contribution is 5.37. The van der Waals surface area contributed by atoms with Gasteiger partial charge < -0.3 is 4.74 Å². The van der Waals surface area contributed by atoms with Crippen molar-refractivity contribution < 1.29 is 9.53 Å². The lowest BCUT2D eigenvalue weighted by Gasteiger charge is -2.05. The predicted molar refractivity (Wildman–Crippen MR) is 49.5 cm³/mol. The normalized spacial score (nSPS) is 11.5. The summed E-state index contributed by atoms with van der Waals surface area (Å²) in [5.74, 6) is 0.769. The highest BCUT2D eigenvalue weighted by atomic mass is 16.5. The van der Waals surface area contributed by atoms with E-state index in [1.807, 2.05) is 31.2 Å². The van der Waals surface area contributed by atoms with Gasteiger partial charge in [0.25, 0.3) is 0 Å². The largest absolute Gasteiger partial charge is 0.497 e. The molecule has 1 unspecified atom stereocenters. The van der Waals surface area contributed by atoms with Crippen LogP contribution >= 0.6 is 0 Å². The average molecular weight is 177 g/mol. The number of hydrogen-bond donors (Lipinski definition) is 0. The second-order valence-corrected chi connectivity index (χ2v) is 2.67. The van der Waals surface area contributed by atoms with Crippen LogP contribution in [0.5, 0.6) is 5.75 Å². The Hall–Kier alpha value is -1.60. The van der Waals surface area contributed by atoms with Gasteiger partial charge >= 0.3 is 0 Å². The lowest BCUT2D eigenvalue weighted by Crippen LogP contribution is -1.90. The minimum absolute atomic E-state index is 0.160. The molecular formula is C10H11NO2. The summed E-state index contributed by atoms with van der Waals surface area (Å²) in [5, 5.41) is 0. The van der Waals surface area contributed by atoms with Crippen LogP contribution in [0.25, 0.3) is 0 Å². The van der Waals surface area contributed by atoms with E-state index in [0.29, 0.717) is 0 Å². The van der Waals surface area contributed by atoms with Gasteiger partial charge in [-0.2, -0.15) is 4.99 Å². The molecule has 0 spiro atoms. The van der Waals surface area contributed by atoms with Crippen LogP contribution in [0.15, 0.2) is 29.3 Å². The lowest BCUT2D eigenvalue weighted by atomic mass is 10.1. The summed E-state index contributed by atoms with van der Waals surface area (Å²) in [6.07, 6.45) is 1.54. The Labute approximate surface area is 77.1 Å². The molecule has 0 saturated carbocycles. The topological polar surface area (TPSA) is 38.7 Å². The van der Waals surface area contributed by atoms with Crippen molar-refractivity contribution in [3.8, 4) is 5.75 Å². The minimum Gasteiger partial charge on any atom is -0.497 e. The van der Waals surface area contributed by atoms with E-state index >= 15 is 0 Å². The molecule has 68 valence electrons. The van der Waals surface area contributed by atoms with Gasteiger partial charge in [0.1, 0.15) is 5.75 Å². The smallest absolute Gasteiger partial charge is 0.235 e. The summed E-state index contributed by atoms with van der Waals surface area (Å²) in [7, 11) is 1.60. The van der Waals surface area contributed by atoms with Crippen LogP contribution in [0.1, 0.15) is 18.5 Å². The Kier molecular flexibility index (Phi) is 3.23. The molecular weight excluding hydrogens is 166 g/mol. The number of isocyanates is 1. The van der Waals surface area contributed by atoms with Gasteiger partial charge in [-0.15, -0.1) is 0 Å². The molecule has 0 aliphatic heterocycles. The first-order chi connectivity index (χ1) is 6.27. The maximum atomic E-state index is 10.0. The van der Waals surface area contributed by atoms with Crippen molar-refractivity contribution in [2.24, 2.45) is 4.99 Å². The van der Waals surface area contributed by atoms with E-state index in [9.17, 15) is 4.79 Å². The summed E-state index contributed by atoms with van der Waals surface area (Å²) < 4.78 is 5.04. The molecule has 0 aliphatic carbocycles. The third-order valence-corrected chi connectivity index (χ3v) is 1.82. The minimum atomic E-state index is -0.160. The number of carbonyl (C=O) groups excluding carboxylic acids is 1. The van der Waals surface area contributed by atoms with Gasteiger partial charge in [0.05, 0.1) is 13.2 Å². The third-order valence-electron chi connectivity index (χ3n) is 1.82. The van der Waals surface area contributed by atoms with E-state index in [-0.39, 0.29) is 6.04 Å². The summed E-state index contributed by atoms with van der Waals surface area (Å²) in [4.78, 5) is 13.6. The van der Waals surface area contributed by atoms with Gasteiger partial charge in [-0.25, -0.2) is 4.79 Å². The molecule has 0 saturated heterocycles. The van der Waals surface area contributed by atoms with Crippen LogP contribution in [0.4, 0.5) is 0 Å². The molecule has 0 aromatic heterocycles. The molecule has 0 N–H and O–H groups in total. The number of rotatable bonds is 3. The summed E-state index contributed by atoms with van der Waals surface area (Å²) in [6.45, 7) is 1.83. The van der Waals surface area contributed by atoms with Crippen molar-refractivity contribution >= 4 is 6.08 Å². The molecule has 1 aromatic carbocycles. The molecule has 3 nitrogen and oxygen atoms in total. The summed E-state index contributed by atoms with van der Waals surface area (Å²) in [6, 6.07) is 7.30. The van der Waals surface area contributed by atoms with Gasteiger partial charge in [0.2, 0.25) is 6.08 Å². The number of ether oxygens (including phenoxy) is 1. The number of methoxy groups -OCH3 is 1. The molecule has 1 aromatic rings. The van der Waals surface area contributed by atoms with Crippen LogP contribution in [0, 0.1) is 0 Å². The molecule has 0 heterocycles. The monoisotopic (exact) mass is 177 g/mol.